The van der Waals surface area contributed by atoms with Crippen molar-refractivity contribution in [2.24, 2.45) is 0 Å². The third-order valence-corrected chi connectivity index (χ3v) is 3.23. The molecule has 0 saturated carbocycles. The van der Waals surface area contributed by atoms with Crippen LogP contribution in [0.2, 0.25) is 0 Å². The minimum Gasteiger partial charge on any atom is -0.452 e. The van der Waals surface area contributed by atoms with Crippen LogP contribution in [0.15, 0.2) is 0 Å². The number of nitrogens with zero attached hydrogens (tertiary/aromatic N) is 1. The maximum Gasteiger partial charge on any atom is 0.293 e. The van der Waals surface area contributed by atoms with E-state index in [0.717, 1.165) is 38.8 Å². The van der Waals surface area contributed by atoms with Crippen molar-refractivity contribution >= 4 is 13.4 Å². The molecule has 2 rings (SSSR count). The predicted molar refractivity (Wildman–Crippen MR) is 55.1 cm³/mol. The first-order chi connectivity index (χ1) is 6.83. The van der Waals surface area contributed by atoms with E-state index in [9.17, 15) is 4.79 Å². The average molecular weight is 196 g/mol. The van der Waals surface area contributed by atoms with E-state index in [2.05, 4.69) is 5.32 Å². The third-order valence-electron chi connectivity index (χ3n) is 3.23. The molecule has 2 atom stereocenters. The number of nitrogens with one attached hydrogen (secondary N) is 1. The summed E-state index contributed by atoms with van der Waals surface area (Å²) in [6.45, 7) is 1.77. The van der Waals surface area contributed by atoms with Gasteiger partial charge in [0.2, 0.25) is 5.91 Å². The Morgan fingerprint density at radius 1 is 1.43 bits per heavy atom. The first kappa shape index (κ1) is 9.99. The molecular formula is C9H17BN2O2. The Balaban J connectivity index is 1.95. The standard InChI is InChI=1S/C9H17BN2O2/c13-9(7-3-1-5-11-7)12-6-2-4-8(12)10-14/h7-8,10-11,14H,1-6H2. The van der Waals surface area contributed by atoms with Crippen molar-refractivity contribution in [1.82, 2.24) is 10.2 Å². The summed E-state index contributed by atoms with van der Waals surface area (Å²) < 4.78 is 0. The van der Waals surface area contributed by atoms with Gasteiger partial charge >= 0.3 is 0 Å². The first-order valence-electron chi connectivity index (χ1n) is 5.47. The molecule has 2 aliphatic rings. The van der Waals surface area contributed by atoms with Crippen LogP contribution in [0.25, 0.3) is 0 Å². The molecule has 0 bridgehead atoms. The van der Waals surface area contributed by atoms with Crippen molar-refractivity contribution in [3.05, 3.63) is 0 Å². The average Bonchev–Trinajstić information content (AvgIpc) is 2.87. The van der Waals surface area contributed by atoms with Gasteiger partial charge in [-0.25, -0.2) is 0 Å². The molecule has 0 radical (unpaired) electrons. The van der Waals surface area contributed by atoms with E-state index in [1.54, 1.807) is 0 Å². The van der Waals surface area contributed by atoms with E-state index in [4.69, 9.17) is 5.02 Å². The topological polar surface area (TPSA) is 52.6 Å². The summed E-state index contributed by atoms with van der Waals surface area (Å²) in [5.41, 5.74) is 0. The second-order valence-electron chi connectivity index (χ2n) is 4.16. The van der Waals surface area contributed by atoms with Crippen molar-refractivity contribution in [2.45, 2.75) is 37.7 Å². The van der Waals surface area contributed by atoms with E-state index < -0.39 is 0 Å². The normalized spacial score (nSPS) is 32.2. The van der Waals surface area contributed by atoms with E-state index in [1.165, 1.54) is 0 Å². The van der Waals surface area contributed by atoms with Crippen LogP contribution in [0.1, 0.15) is 25.7 Å². The summed E-state index contributed by atoms with van der Waals surface area (Å²) in [4.78, 5) is 13.8. The molecular weight excluding hydrogens is 179 g/mol. The monoisotopic (exact) mass is 196 g/mol. The largest absolute Gasteiger partial charge is 0.452 e. The highest BCUT2D eigenvalue weighted by molar-refractivity contribution is 6.28. The molecule has 0 spiro atoms. The summed E-state index contributed by atoms with van der Waals surface area (Å²) in [5, 5.41) is 12.3. The molecule has 2 aliphatic heterocycles. The highest BCUT2D eigenvalue weighted by Crippen LogP contribution is 2.19. The minimum absolute atomic E-state index is 0.0159. The van der Waals surface area contributed by atoms with Gasteiger partial charge in [0.25, 0.3) is 7.48 Å². The Kier molecular flexibility index (Phi) is 3.08. The van der Waals surface area contributed by atoms with Crippen molar-refractivity contribution < 1.29 is 9.82 Å². The van der Waals surface area contributed by atoms with Gasteiger partial charge in [0.05, 0.1) is 6.04 Å². The van der Waals surface area contributed by atoms with Crippen LogP contribution in [0, 0.1) is 0 Å². The van der Waals surface area contributed by atoms with Crippen molar-refractivity contribution in [2.75, 3.05) is 13.1 Å². The van der Waals surface area contributed by atoms with Gasteiger partial charge in [-0.3, -0.25) is 4.79 Å². The van der Waals surface area contributed by atoms with Crippen LogP contribution in [0.3, 0.4) is 0 Å². The lowest BCUT2D eigenvalue weighted by molar-refractivity contribution is -0.132. The second kappa shape index (κ2) is 4.32. The fourth-order valence-corrected chi connectivity index (χ4v) is 2.41. The maximum absolute atomic E-state index is 12.0. The van der Waals surface area contributed by atoms with Crippen LogP contribution in [0.4, 0.5) is 0 Å². The number of hydrogen-bond acceptors (Lipinski definition) is 3. The molecule has 0 aromatic heterocycles. The van der Waals surface area contributed by atoms with Gasteiger partial charge in [0, 0.05) is 12.5 Å². The van der Waals surface area contributed by atoms with Gasteiger partial charge in [-0.2, -0.15) is 0 Å². The molecule has 2 heterocycles. The Morgan fingerprint density at radius 3 is 2.93 bits per heavy atom. The van der Waals surface area contributed by atoms with Gasteiger partial charge in [-0.15, -0.1) is 0 Å². The molecule has 5 heteroatoms. The van der Waals surface area contributed by atoms with Crippen LogP contribution < -0.4 is 5.32 Å². The number of carbonyl (C=O) groups is 1. The van der Waals surface area contributed by atoms with Gasteiger partial charge in [0.1, 0.15) is 0 Å². The molecule has 4 nitrogen and oxygen atoms in total. The molecule has 2 unspecified atom stereocenters. The zero-order valence-corrected chi connectivity index (χ0v) is 8.41. The van der Waals surface area contributed by atoms with Crippen molar-refractivity contribution in [3.63, 3.8) is 0 Å². The summed E-state index contributed by atoms with van der Waals surface area (Å²) in [5.74, 6) is 0.268. The van der Waals surface area contributed by atoms with Crippen LogP contribution in [-0.4, -0.2) is 48.4 Å². The third kappa shape index (κ3) is 1.79. The molecule has 0 aromatic rings. The summed E-state index contributed by atoms with van der Waals surface area (Å²) in [7, 11) is 0.110. The fraction of sp³-hybridized carbons (Fsp3) is 0.889. The molecule has 0 aliphatic carbocycles. The number of hydrogen-bond donors (Lipinski definition) is 2. The van der Waals surface area contributed by atoms with Gasteiger partial charge in [0.15, 0.2) is 0 Å². The zero-order chi connectivity index (χ0) is 9.97. The molecule has 1 amide bonds. The number of likely N-dealkylation sites (tertiary alicyclic amines) is 1. The Morgan fingerprint density at radius 2 is 2.29 bits per heavy atom. The number of carbonyl (C=O) groups excluding carboxylic acids is 1. The lowest BCUT2D eigenvalue weighted by atomic mass is 9.86. The Labute approximate surface area is 84.9 Å². The lowest BCUT2D eigenvalue weighted by Crippen LogP contribution is -2.47. The quantitative estimate of drug-likeness (QED) is 0.559. The smallest absolute Gasteiger partial charge is 0.293 e. The Bertz CT molecular complexity index is 219. The predicted octanol–water partition coefficient (Wildman–Crippen LogP) is -0.969. The summed E-state index contributed by atoms with van der Waals surface area (Å²) in [6, 6.07) is 0.0159. The lowest BCUT2D eigenvalue weighted by Gasteiger charge is -2.25. The summed E-state index contributed by atoms with van der Waals surface area (Å²) >= 11 is 0. The highest BCUT2D eigenvalue weighted by atomic mass is 16.2. The molecule has 2 N–H and O–H groups in total. The van der Waals surface area contributed by atoms with Crippen LogP contribution >= 0.6 is 0 Å². The van der Waals surface area contributed by atoms with Gasteiger partial charge < -0.3 is 15.2 Å². The zero-order valence-electron chi connectivity index (χ0n) is 8.41. The molecule has 2 saturated heterocycles. The van der Waals surface area contributed by atoms with Crippen LogP contribution in [-0.2, 0) is 4.79 Å². The SMILES string of the molecule is O=C(C1CCCN1)N1CCCC1BO. The van der Waals surface area contributed by atoms with E-state index in [1.807, 2.05) is 4.90 Å². The van der Waals surface area contributed by atoms with Gasteiger partial charge in [-0.1, -0.05) is 0 Å². The second-order valence-corrected chi connectivity index (χ2v) is 4.16. The van der Waals surface area contributed by atoms with E-state index >= 15 is 0 Å². The maximum atomic E-state index is 12.0. The fourth-order valence-electron chi connectivity index (χ4n) is 2.41. The number of amides is 1. The molecule has 2 fully saturated rings. The van der Waals surface area contributed by atoms with Crippen LogP contribution in [0.5, 0.6) is 0 Å². The van der Waals surface area contributed by atoms with Crippen molar-refractivity contribution in [3.8, 4) is 0 Å². The van der Waals surface area contributed by atoms with Gasteiger partial charge in [-0.05, 0) is 32.2 Å². The highest BCUT2D eigenvalue weighted by Gasteiger charge is 2.34. The molecule has 78 valence electrons. The number of rotatable bonds is 2. The molecule has 0 aromatic carbocycles. The van der Waals surface area contributed by atoms with E-state index in [0.29, 0.717) is 0 Å². The van der Waals surface area contributed by atoms with Crippen molar-refractivity contribution in [1.29, 1.82) is 0 Å². The van der Waals surface area contributed by atoms with E-state index in [-0.39, 0.29) is 25.4 Å². The Hall–Kier alpha value is -0.545. The molecule has 14 heavy (non-hydrogen) atoms. The first-order valence-corrected chi connectivity index (χ1v) is 5.47. The minimum atomic E-state index is 0.0159. The summed E-state index contributed by atoms with van der Waals surface area (Å²) in [6.07, 6.45) is 4.03.